The Labute approximate surface area is 111 Å². The molecular weight excluding hydrogens is 250 g/mol. The molecule has 2 amide bonds. The Balaban J connectivity index is 2.34. The van der Waals surface area contributed by atoms with E-state index >= 15 is 0 Å². The van der Waals surface area contributed by atoms with E-state index in [1.54, 1.807) is 30.3 Å². The molecule has 1 saturated heterocycles. The summed E-state index contributed by atoms with van der Waals surface area (Å²) in [5.41, 5.74) is 0.424. The molecule has 2 rings (SSSR count). The van der Waals surface area contributed by atoms with Crippen LogP contribution in [0.1, 0.15) is 16.8 Å². The molecule has 5 nitrogen and oxygen atoms in total. The number of rotatable bonds is 3. The molecule has 0 saturated carbocycles. The summed E-state index contributed by atoms with van der Waals surface area (Å²) >= 11 is 4.22. The molecule has 1 aromatic heterocycles. The lowest BCUT2D eigenvalue weighted by Crippen LogP contribution is -2.29. The van der Waals surface area contributed by atoms with Crippen molar-refractivity contribution in [3.8, 4) is 0 Å². The normalized spacial score (nSPS) is 19.1. The van der Waals surface area contributed by atoms with Crippen LogP contribution in [0, 0.1) is 5.92 Å². The smallest absolute Gasteiger partial charge is 0.254 e. The largest absolute Gasteiger partial charge is 0.355 e. The fraction of sp³-hybridized carbons (Fsp3) is 0.417. The summed E-state index contributed by atoms with van der Waals surface area (Å²) in [7, 11) is 1.56. The molecule has 96 valence electrons. The number of nitrogens with zero attached hydrogens (tertiary/aromatic N) is 2. The van der Waals surface area contributed by atoms with Gasteiger partial charge in [-0.3, -0.25) is 14.5 Å². The topological polar surface area (TPSA) is 62.3 Å². The second-order valence-corrected chi connectivity index (χ2v) is 4.58. The molecule has 2 heterocycles. The maximum atomic E-state index is 11.9. The molecule has 0 bridgehead atoms. The van der Waals surface area contributed by atoms with Crippen LogP contribution < -0.4 is 10.2 Å². The van der Waals surface area contributed by atoms with Gasteiger partial charge in [-0.2, -0.15) is 12.6 Å². The number of hydrogen-bond donors (Lipinski definition) is 2. The van der Waals surface area contributed by atoms with Crippen molar-refractivity contribution in [2.75, 3.05) is 24.2 Å². The van der Waals surface area contributed by atoms with Crippen molar-refractivity contribution >= 4 is 30.3 Å². The van der Waals surface area contributed by atoms with Gasteiger partial charge in [-0.1, -0.05) is 0 Å². The molecule has 1 aromatic rings. The van der Waals surface area contributed by atoms with Gasteiger partial charge in [0.25, 0.3) is 5.91 Å². The zero-order chi connectivity index (χ0) is 13.1. The van der Waals surface area contributed by atoms with Crippen LogP contribution in [0.2, 0.25) is 0 Å². The Kier molecular flexibility index (Phi) is 3.86. The van der Waals surface area contributed by atoms with Crippen LogP contribution in [0.5, 0.6) is 0 Å². The third-order valence-electron chi connectivity index (χ3n) is 2.98. The average Bonchev–Trinajstić information content (AvgIpc) is 2.79. The zero-order valence-electron chi connectivity index (χ0n) is 10.1. The second kappa shape index (κ2) is 5.39. The number of anilines is 1. The molecule has 0 spiro atoms. The van der Waals surface area contributed by atoms with Crippen LogP contribution in [0.4, 0.5) is 5.82 Å². The number of hydrogen-bond acceptors (Lipinski definition) is 4. The number of carbonyl (C=O) groups is 2. The molecule has 1 aliphatic rings. The van der Waals surface area contributed by atoms with Gasteiger partial charge in [-0.05, 0) is 23.8 Å². The Morgan fingerprint density at radius 3 is 3.06 bits per heavy atom. The first-order chi connectivity index (χ1) is 8.67. The highest BCUT2D eigenvalue weighted by Gasteiger charge is 2.32. The van der Waals surface area contributed by atoms with Crippen molar-refractivity contribution in [2.45, 2.75) is 6.42 Å². The van der Waals surface area contributed by atoms with E-state index in [2.05, 4.69) is 22.9 Å². The first-order valence-corrected chi connectivity index (χ1v) is 6.39. The maximum Gasteiger partial charge on any atom is 0.254 e. The van der Waals surface area contributed by atoms with Gasteiger partial charge in [0.1, 0.15) is 5.82 Å². The monoisotopic (exact) mass is 265 g/mol. The van der Waals surface area contributed by atoms with E-state index in [0.717, 1.165) is 0 Å². The molecule has 6 heteroatoms. The lowest BCUT2D eigenvalue weighted by molar-refractivity contribution is -0.117. The molecule has 1 fully saturated rings. The van der Waals surface area contributed by atoms with E-state index in [-0.39, 0.29) is 17.7 Å². The minimum absolute atomic E-state index is 0.00194. The van der Waals surface area contributed by atoms with Gasteiger partial charge >= 0.3 is 0 Å². The van der Waals surface area contributed by atoms with Crippen LogP contribution in [-0.4, -0.2) is 36.1 Å². The molecule has 1 N–H and O–H groups in total. The minimum Gasteiger partial charge on any atom is -0.355 e. The van der Waals surface area contributed by atoms with Crippen LogP contribution in [0.25, 0.3) is 0 Å². The molecule has 0 aromatic carbocycles. The quantitative estimate of drug-likeness (QED) is 0.792. The van der Waals surface area contributed by atoms with Crippen molar-refractivity contribution in [2.24, 2.45) is 5.92 Å². The fourth-order valence-corrected chi connectivity index (χ4v) is 2.28. The lowest BCUT2D eigenvalue weighted by Gasteiger charge is -2.18. The fourth-order valence-electron chi connectivity index (χ4n) is 2.03. The number of amides is 2. The molecular formula is C12H15N3O2S. The van der Waals surface area contributed by atoms with Gasteiger partial charge in [0, 0.05) is 26.2 Å². The Morgan fingerprint density at radius 1 is 1.67 bits per heavy atom. The van der Waals surface area contributed by atoms with Crippen molar-refractivity contribution in [3.63, 3.8) is 0 Å². The summed E-state index contributed by atoms with van der Waals surface area (Å²) in [6, 6.07) is 3.35. The van der Waals surface area contributed by atoms with E-state index in [1.165, 1.54) is 0 Å². The summed E-state index contributed by atoms with van der Waals surface area (Å²) in [6.07, 6.45) is 2.05. The van der Waals surface area contributed by atoms with E-state index in [9.17, 15) is 9.59 Å². The van der Waals surface area contributed by atoms with Crippen LogP contribution >= 0.6 is 12.6 Å². The Hall–Kier alpha value is -1.56. The first kappa shape index (κ1) is 12.9. The predicted molar refractivity (Wildman–Crippen MR) is 71.9 cm³/mol. The summed E-state index contributed by atoms with van der Waals surface area (Å²) in [4.78, 5) is 29.4. The maximum absolute atomic E-state index is 11.9. The number of nitrogens with one attached hydrogen (secondary N) is 1. The SMILES string of the molecule is CNC(=O)c1cccnc1N1CC(CS)CC1=O. The summed E-state index contributed by atoms with van der Waals surface area (Å²) in [5.74, 6) is 1.08. The van der Waals surface area contributed by atoms with Crippen molar-refractivity contribution < 1.29 is 9.59 Å². The standard InChI is InChI=1S/C12H15N3O2S/c1-13-12(17)9-3-2-4-14-11(9)15-6-8(7-18)5-10(15)16/h2-4,8,18H,5-7H2,1H3,(H,13,17). The zero-order valence-corrected chi connectivity index (χ0v) is 11.0. The first-order valence-electron chi connectivity index (χ1n) is 5.75. The predicted octanol–water partition coefficient (Wildman–Crippen LogP) is 0.724. The molecule has 0 aliphatic carbocycles. The number of thiol groups is 1. The minimum atomic E-state index is -0.236. The van der Waals surface area contributed by atoms with Crippen molar-refractivity contribution in [1.29, 1.82) is 0 Å². The second-order valence-electron chi connectivity index (χ2n) is 4.21. The van der Waals surface area contributed by atoms with Gasteiger partial charge in [0.15, 0.2) is 0 Å². The Morgan fingerprint density at radius 2 is 2.44 bits per heavy atom. The average molecular weight is 265 g/mol. The van der Waals surface area contributed by atoms with Gasteiger partial charge in [0.05, 0.1) is 5.56 Å². The highest BCUT2D eigenvalue weighted by atomic mass is 32.1. The van der Waals surface area contributed by atoms with Crippen molar-refractivity contribution in [1.82, 2.24) is 10.3 Å². The number of carbonyl (C=O) groups excluding carboxylic acids is 2. The number of pyridine rings is 1. The van der Waals surface area contributed by atoms with E-state index < -0.39 is 0 Å². The molecule has 1 atom stereocenters. The molecule has 1 aliphatic heterocycles. The summed E-state index contributed by atoms with van der Waals surface area (Å²) in [6.45, 7) is 0.573. The highest BCUT2D eigenvalue weighted by Crippen LogP contribution is 2.26. The third-order valence-corrected chi connectivity index (χ3v) is 3.49. The van der Waals surface area contributed by atoms with Crippen molar-refractivity contribution in [3.05, 3.63) is 23.9 Å². The number of aromatic nitrogens is 1. The lowest BCUT2D eigenvalue weighted by atomic mass is 10.1. The van der Waals surface area contributed by atoms with Gasteiger partial charge in [-0.25, -0.2) is 4.98 Å². The van der Waals surface area contributed by atoms with E-state index in [4.69, 9.17) is 0 Å². The Bertz CT molecular complexity index is 478. The van der Waals surface area contributed by atoms with E-state index in [1.807, 2.05) is 0 Å². The highest BCUT2D eigenvalue weighted by molar-refractivity contribution is 7.80. The molecule has 1 unspecified atom stereocenters. The van der Waals surface area contributed by atoms with Gasteiger partial charge in [-0.15, -0.1) is 0 Å². The van der Waals surface area contributed by atoms with Crippen LogP contribution in [-0.2, 0) is 4.79 Å². The van der Waals surface area contributed by atoms with Gasteiger partial charge in [0.2, 0.25) is 5.91 Å². The van der Waals surface area contributed by atoms with Crippen LogP contribution in [0.3, 0.4) is 0 Å². The molecule has 0 radical (unpaired) electrons. The summed E-state index contributed by atoms with van der Waals surface area (Å²) in [5, 5.41) is 2.55. The molecule has 18 heavy (non-hydrogen) atoms. The van der Waals surface area contributed by atoms with E-state index in [0.29, 0.717) is 30.1 Å². The van der Waals surface area contributed by atoms with Crippen LogP contribution in [0.15, 0.2) is 18.3 Å². The van der Waals surface area contributed by atoms with Gasteiger partial charge < -0.3 is 5.32 Å². The third kappa shape index (κ3) is 2.33. The summed E-state index contributed by atoms with van der Waals surface area (Å²) < 4.78 is 0.